The van der Waals surface area contributed by atoms with Gasteiger partial charge in [0.05, 0.1) is 19.6 Å². The zero-order chi connectivity index (χ0) is 18.6. The molecule has 1 atom stereocenters. The molecule has 0 spiro atoms. The normalized spacial score (nSPS) is 17.2. The number of hydrogen-bond donors (Lipinski definition) is 2. The highest BCUT2D eigenvalue weighted by Crippen LogP contribution is 2.36. The van der Waals surface area contributed by atoms with Crippen LogP contribution >= 0.6 is 12.2 Å². The molecule has 5 nitrogen and oxygen atoms in total. The summed E-state index contributed by atoms with van der Waals surface area (Å²) in [5.74, 6) is -1.41. The van der Waals surface area contributed by atoms with E-state index in [2.05, 4.69) is 62.6 Å². The number of thiocarbonyl (C=S) groups is 1. The van der Waals surface area contributed by atoms with Crippen LogP contribution in [0, 0.1) is 5.92 Å². The molecule has 1 saturated heterocycles. The van der Waals surface area contributed by atoms with Crippen molar-refractivity contribution in [1.82, 2.24) is 10.6 Å². The van der Waals surface area contributed by atoms with Crippen molar-refractivity contribution in [3.63, 3.8) is 0 Å². The van der Waals surface area contributed by atoms with Gasteiger partial charge in [-0.1, -0.05) is 31.2 Å². The van der Waals surface area contributed by atoms with E-state index in [0.29, 0.717) is 4.48 Å². The Labute approximate surface area is 155 Å². The summed E-state index contributed by atoms with van der Waals surface area (Å²) in [6.45, 7) is 11.0. The predicted molar refractivity (Wildman–Crippen MR) is 103 cm³/mol. The number of benzene rings is 1. The number of hydrogen-bond acceptors (Lipinski definition) is 3. The first kappa shape index (κ1) is 19.5. The maximum absolute atomic E-state index is 12.7. The Kier molecular flexibility index (Phi) is 6.30. The second-order valence-corrected chi connectivity index (χ2v) is 6.90. The second kappa shape index (κ2) is 8.06. The molecule has 0 saturated carbocycles. The van der Waals surface area contributed by atoms with Crippen molar-refractivity contribution < 1.29 is 14.1 Å². The van der Waals surface area contributed by atoms with Crippen LogP contribution in [0.15, 0.2) is 24.3 Å². The Morgan fingerprint density at radius 2 is 1.44 bits per heavy atom. The third-order valence-electron chi connectivity index (χ3n) is 5.56. The van der Waals surface area contributed by atoms with Crippen LogP contribution < -0.4 is 10.6 Å². The number of quaternary nitrogens is 1. The van der Waals surface area contributed by atoms with E-state index in [1.807, 2.05) is 0 Å². The van der Waals surface area contributed by atoms with Crippen LogP contribution in [0.5, 0.6) is 0 Å². The summed E-state index contributed by atoms with van der Waals surface area (Å²) in [5.41, 5.74) is 2.26. The van der Waals surface area contributed by atoms with Gasteiger partial charge in [-0.25, -0.2) is 0 Å². The molecule has 0 unspecified atom stereocenters. The Morgan fingerprint density at radius 1 is 0.960 bits per heavy atom. The largest absolute Gasteiger partial charge is 0.317 e. The lowest BCUT2D eigenvalue weighted by Gasteiger charge is -2.46. The predicted octanol–water partition coefficient (Wildman–Crippen LogP) is 2.31. The van der Waals surface area contributed by atoms with Gasteiger partial charge in [-0.3, -0.25) is 9.59 Å². The highest BCUT2D eigenvalue weighted by Gasteiger charge is 2.49. The van der Waals surface area contributed by atoms with E-state index in [1.54, 1.807) is 0 Å². The average molecular weight is 363 g/mol. The first-order chi connectivity index (χ1) is 11.9. The standard InChI is InChI=1S/C19H27N3O2S/c1-5-13-9-11-14(12-10-13)16(22(6-2,7-3)8-4)15-17(23)20-19(25)21-18(15)24/h9-12,15-16H,5-8H2,1-4H3,(H-,20,21,23,24,25)/p+1/t16-/m1/s1. The van der Waals surface area contributed by atoms with Crippen LogP contribution in [-0.4, -0.2) is 41.0 Å². The number of carbonyl (C=O) groups is 2. The van der Waals surface area contributed by atoms with Crippen LogP contribution in [-0.2, 0) is 16.0 Å². The number of nitrogens with one attached hydrogen (secondary N) is 2. The zero-order valence-electron chi connectivity index (χ0n) is 15.5. The minimum Gasteiger partial charge on any atom is -0.317 e. The third kappa shape index (κ3) is 3.75. The van der Waals surface area contributed by atoms with Gasteiger partial charge in [0.25, 0.3) is 0 Å². The fourth-order valence-corrected chi connectivity index (χ4v) is 4.05. The van der Waals surface area contributed by atoms with E-state index in [4.69, 9.17) is 12.2 Å². The second-order valence-electron chi connectivity index (χ2n) is 6.49. The summed E-state index contributed by atoms with van der Waals surface area (Å²) in [4.78, 5) is 25.4. The van der Waals surface area contributed by atoms with Crippen LogP contribution in [0.1, 0.15) is 44.9 Å². The lowest BCUT2D eigenvalue weighted by Crippen LogP contribution is -2.63. The summed E-state index contributed by atoms with van der Waals surface area (Å²) in [7, 11) is 0. The highest BCUT2D eigenvalue weighted by molar-refractivity contribution is 7.80. The first-order valence-electron chi connectivity index (χ1n) is 9.02. The topological polar surface area (TPSA) is 58.2 Å². The Hall–Kier alpha value is -1.79. The summed E-state index contributed by atoms with van der Waals surface area (Å²) >= 11 is 4.96. The van der Waals surface area contributed by atoms with E-state index in [0.717, 1.165) is 31.6 Å². The zero-order valence-corrected chi connectivity index (χ0v) is 16.3. The molecule has 1 heterocycles. The van der Waals surface area contributed by atoms with Gasteiger partial charge in [0.2, 0.25) is 11.8 Å². The quantitative estimate of drug-likeness (QED) is 0.445. The number of rotatable bonds is 7. The van der Waals surface area contributed by atoms with Crippen molar-refractivity contribution in [2.75, 3.05) is 19.6 Å². The van der Waals surface area contributed by atoms with E-state index in [-0.39, 0.29) is 23.0 Å². The molecular formula is C19H28N3O2S+. The molecule has 136 valence electrons. The first-order valence-corrected chi connectivity index (χ1v) is 9.43. The van der Waals surface area contributed by atoms with Crippen LogP contribution in [0.2, 0.25) is 0 Å². The molecular weight excluding hydrogens is 334 g/mol. The molecule has 0 radical (unpaired) electrons. The van der Waals surface area contributed by atoms with Gasteiger partial charge in [-0.15, -0.1) is 0 Å². The molecule has 2 N–H and O–H groups in total. The third-order valence-corrected chi connectivity index (χ3v) is 5.77. The van der Waals surface area contributed by atoms with Crippen molar-refractivity contribution in [2.24, 2.45) is 5.92 Å². The SMILES string of the molecule is CCc1ccc([C@H](C2C(=O)NC(=S)NC2=O)[N+](CC)(CC)CC)cc1. The van der Waals surface area contributed by atoms with Crippen LogP contribution in [0.4, 0.5) is 0 Å². The van der Waals surface area contributed by atoms with E-state index < -0.39 is 5.92 Å². The van der Waals surface area contributed by atoms with Crippen molar-refractivity contribution in [3.8, 4) is 0 Å². The lowest BCUT2D eigenvalue weighted by molar-refractivity contribution is -0.954. The lowest BCUT2D eigenvalue weighted by atomic mass is 9.86. The van der Waals surface area contributed by atoms with Crippen molar-refractivity contribution in [1.29, 1.82) is 0 Å². The molecule has 1 fully saturated rings. The molecule has 2 amide bonds. The number of amides is 2. The minimum absolute atomic E-state index is 0.0916. The summed E-state index contributed by atoms with van der Waals surface area (Å²) in [6.07, 6.45) is 0.957. The number of nitrogens with zero attached hydrogens (tertiary/aromatic N) is 1. The van der Waals surface area contributed by atoms with Crippen molar-refractivity contribution in [3.05, 3.63) is 35.4 Å². The average Bonchev–Trinajstić information content (AvgIpc) is 2.61. The van der Waals surface area contributed by atoms with E-state index >= 15 is 0 Å². The van der Waals surface area contributed by atoms with E-state index in [1.165, 1.54) is 5.56 Å². The van der Waals surface area contributed by atoms with Gasteiger partial charge < -0.3 is 15.1 Å². The Bertz CT molecular complexity index is 625. The maximum atomic E-state index is 12.7. The van der Waals surface area contributed by atoms with Crippen molar-refractivity contribution in [2.45, 2.75) is 40.2 Å². The van der Waals surface area contributed by atoms with Crippen LogP contribution in [0.25, 0.3) is 0 Å². The molecule has 6 heteroatoms. The Morgan fingerprint density at radius 3 is 1.84 bits per heavy atom. The maximum Gasteiger partial charge on any atom is 0.245 e. The van der Waals surface area contributed by atoms with Gasteiger partial charge in [0.15, 0.2) is 11.0 Å². The summed E-state index contributed by atoms with van der Waals surface area (Å²) in [6, 6.07) is 8.05. The van der Waals surface area contributed by atoms with Gasteiger partial charge in [0.1, 0.15) is 6.04 Å². The molecule has 1 aliphatic rings. The molecule has 2 rings (SSSR count). The van der Waals surface area contributed by atoms with Crippen LogP contribution in [0.3, 0.4) is 0 Å². The monoisotopic (exact) mass is 362 g/mol. The molecule has 25 heavy (non-hydrogen) atoms. The molecule has 0 aromatic heterocycles. The minimum atomic E-state index is -0.793. The fourth-order valence-electron chi connectivity index (χ4n) is 3.85. The van der Waals surface area contributed by atoms with Gasteiger partial charge in [0, 0.05) is 5.56 Å². The smallest absolute Gasteiger partial charge is 0.245 e. The van der Waals surface area contributed by atoms with Crippen molar-refractivity contribution >= 4 is 29.1 Å². The summed E-state index contributed by atoms with van der Waals surface area (Å²) in [5, 5.41) is 5.35. The van der Waals surface area contributed by atoms with E-state index in [9.17, 15) is 9.59 Å². The highest BCUT2D eigenvalue weighted by atomic mass is 32.1. The molecule has 1 aliphatic heterocycles. The molecule has 0 aliphatic carbocycles. The summed E-state index contributed by atoms with van der Waals surface area (Å²) < 4.78 is 0.670. The number of carbonyl (C=O) groups excluding carboxylic acids is 2. The molecule has 1 aromatic carbocycles. The number of aryl methyl sites for hydroxylation is 1. The van der Waals surface area contributed by atoms with Gasteiger partial charge >= 0.3 is 0 Å². The van der Waals surface area contributed by atoms with Gasteiger partial charge in [-0.05, 0) is 45.0 Å². The molecule has 1 aromatic rings. The Balaban J connectivity index is 2.56. The fraction of sp³-hybridized carbons (Fsp3) is 0.526. The molecule has 0 bridgehead atoms. The van der Waals surface area contributed by atoms with Gasteiger partial charge in [-0.2, -0.15) is 0 Å².